The lowest BCUT2D eigenvalue weighted by atomic mass is 10.1. The summed E-state index contributed by atoms with van der Waals surface area (Å²) in [6.07, 6.45) is 0. The standard InChI is InChI=1S/C13H8BrCl2N3/c14-6-1-4-9-10(5-6)19-13(18-9)11-7(15)2-3-8(16)12(11)17/h1-5H,17H2,(H,18,19). The Kier molecular flexibility index (Phi) is 3.17. The number of aromatic amines is 1. The lowest BCUT2D eigenvalue weighted by molar-refractivity contribution is 1.34. The second-order valence-corrected chi connectivity index (χ2v) is 5.79. The Labute approximate surface area is 127 Å². The predicted octanol–water partition coefficient (Wildman–Crippen LogP) is 4.88. The van der Waals surface area contributed by atoms with Crippen molar-refractivity contribution in [2.75, 3.05) is 5.73 Å². The van der Waals surface area contributed by atoms with Gasteiger partial charge in [-0.2, -0.15) is 0 Å². The van der Waals surface area contributed by atoms with E-state index >= 15 is 0 Å². The van der Waals surface area contributed by atoms with E-state index in [4.69, 9.17) is 28.9 Å². The number of nitrogens with zero attached hydrogens (tertiary/aromatic N) is 1. The number of hydrogen-bond acceptors (Lipinski definition) is 2. The van der Waals surface area contributed by atoms with Crippen molar-refractivity contribution in [2.45, 2.75) is 0 Å². The zero-order valence-corrected chi connectivity index (χ0v) is 12.6. The number of rotatable bonds is 1. The van der Waals surface area contributed by atoms with Crippen molar-refractivity contribution in [3.63, 3.8) is 0 Å². The highest BCUT2D eigenvalue weighted by Crippen LogP contribution is 2.37. The molecule has 0 bridgehead atoms. The fourth-order valence-corrected chi connectivity index (χ4v) is 2.68. The summed E-state index contributed by atoms with van der Waals surface area (Å²) in [6.45, 7) is 0. The van der Waals surface area contributed by atoms with Gasteiger partial charge in [0.25, 0.3) is 0 Å². The second kappa shape index (κ2) is 4.71. The van der Waals surface area contributed by atoms with Crippen molar-refractivity contribution in [1.82, 2.24) is 9.97 Å². The van der Waals surface area contributed by atoms with Crippen LogP contribution in [0.25, 0.3) is 22.4 Å². The summed E-state index contributed by atoms with van der Waals surface area (Å²) in [7, 11) is 0. The first-order chi connectivity index (χ1) is 9.06. The van der Waals surface area contributed by atoms with Gasteiger partial charge in [0.1, 0.15) is 5.82 Å². The Morgan fingerprint density at radius 1 is 1.11 bits per heavy atom. The van der Waals surface area contributed by atoms with Crippen LogP contribution in [0.4, 0.5) is 5.69 Å². The lowest BCUT2D eigenvalue weighted by Crippen LogP contribution is -1.93. The number of imidazole rings is 1. The number of anilines is 1. The summed E-state index contributed by atoms with van der Waals surface area (Å²) in [5.41, 5.74) is 8.78. The minimum Gasteiger partial charge on any atom is -0.397 e. The third kappa shape index (κ3) is 2.20. The van der Waals surface area contributed by atoms with Gasteiger partial charge in [0.05, 0.1) is 32.3 Å². The topological polar surface area (TPSA) is 54.7 Å². The molecule has 0 saturated carbocycles. The summed E-state index contributed by atoms with van der Waals surface area (Å²) in [5, 5.41) is 0.973. The van der Waals surface area contributed by atoms with Gasteiger partial charge in [-0.3, -0.25) is 0 Å². The van der Waals surface area contributed by atoms with Crippen LogP contribution in [0.5, 0.6) is 0 Å². The van der Waals surface area contributed by atoms with E-state index in [1.165, 1.54) is 0 Å². The molecule has 1 aromatic heterocycles. The Bertz CT molecular complexity index is 783. The molecule has 3 N–H and O–H groups in total. The van der Waals surface area contributed by atoms with E-state index in [1.807, 2.05) is 18.2 Å². The van der Waals surface area contributed by atoms with Gasteiger partial charge >= 0.3 is 0 Å². The number of H-pyrrole nitrogens is 1. The minimum atomic E-state index is 0.423. The predicted molar refractivity (Wildman–Crippen MR) is 83.7 cm³/mol. The number of aromatic nitrogens is 2. The van der Waals surface area contributed by atoms with Crippen LogP contribution in [-0.2, 0) is 0 Å². The van der Waals surface area contributed by atoms with Gasteiger partial charge in [-0.15, -0.1) is 0 Å². The van der Waals surface area contributed by atoms with Crippen LogP contribution in [0.2, 0.25) is 10.0 Å². The highest BCUT2D eigenvalue weighted by Gasteiger charge is 2.14. The van der Waals surface area contributed by atoms with Crippen molar-refractivity contribution in [3.8, 4) is 11.4 Å². The Morgan fingerprint density at radius 3 is 2.63 bits per heavy atom. The van der Waals surface area contributed by atoms with Crippen molar-refractivity contribution >= 4 is 55.9 Å². The molecule has 3 rings (SSSR count). The van der Waals surface area contributed by atoms with Crippen molar-refractivity contribution < 1.29 is 0 Å². The van der Waals surface area contributed by atoms with Crippen molar-refractivity contribution in [2.24, 2.45) is 0 Å². The molecular weight excluding hydrogens is 349 g/mol. The molecule has 3 aromatic rings. The van der Waals surface area contributed by atoms with Gasteiger partial charge < -0.3 is 10.7 Å². The van der Waals surface area contributed by atoms with E-state index in [1.54, 1.807) is 12.1 Å². The molecule has 0 saturated heterocycles. The van der Waals surface area contributed by atoms with Crippen LogP contribution < -0.4 is 5.73 Å². The Balaban J connectivity index is 2.27. The van der Waals surface area contributed by atoms with Gasteiger partial charge in [-0.1, -0.05) is 39.1 Å². The molecule has 0 amide bonds. The van der Waals surface area contributed by atoms with Crippen LogP contribution in [0.15, 0.2) is 34.8 Å². The van der Waals surface area contributed by atoms with Gasteiger partial charge in [-0.05, 0) is 30.3 Å². The van der Waals surface area contributed by atoms with Gasteiger partial charge in [0.15, 0.2) is 0 Å². The second-order valence-electron chi connectivity index (χ2n) is 4.06. The third-order valence-electron chi connectivity index (χ3n) is 2.82. The number of halogens is 3. The average Bonchev–Trinajstić information content (AvgIpc) is 2.77. The first kappa shape index (κ1) is 12.8. The zero-order valence-electron chi connectivity index (χ0n) is 9.55. The molecule has 96 valence electrons. The van der Waals surface area contributed by atoms with E-state index < -0.39 is 0 Å². The number of nitrogens with two attached hydrogens (primary N) is 1. The van der Waals surface area contributed by atoms with Crippen LogP contribution in [0, 0.1) is 0 Å². The van der Waals surface area contributed by atoms with E-state index in [2.05, 4.69) is 25.9 Å². The number of hydrogen-bond donors (Lipinski definition) is 2. The largest absolute Gasteiger partial charge is 0.397 e. The maximum Gasteiger partial charge on any atom is 0.142 e. The highest BCUT2D eigenvalue weighted by molar-refractivity contribution is 9.10. The molecule has 3 nitrogen and oxygen atoms in total. The molecule has 19 heavy (non-hydrogen) atoms. The fraction of sp³-hybridized carbons (Fsp3) is 0. The van der Waals surface area contributed by atoms with Crippen LogP contribution in [-0.4, -0.2) is 9.97 Å². The molecule has 0 spiro atoms. The smallest absolute Gasteiger partial charge is 0.142 e. The quantitative estimate of drug-likeness (QED) is 0.610. The summed E-state index contributed by atoms with van der Waals surface area (Å²) >= 11 is 15.6. The molecule has 1 heterocycles. The average molecular weight is 357 g/mol. The normalized spacial score (nSPS) is 11.1. The zero-order chi connectivity index (χ0) is 13.6. The first-order valence-electron chi connectivity index (χ1n) is 5.45. The van der Waals surface area contributed by atoms with E-state index in [9.17, 15) is 0 Å². The summed E-state index contributed by atoms with van der Waals surface area (Å²) < 4.78 is 0.973. The van der Waals surface area contributed by atoms with Crippen molar-refractivity contribution in [3.05, 3.63) is 44.8 Å². The number of benzene rings is 2. The molecule has 0 atom stereocenters. The summed E-state index contributed by atoms with van der Waals surface area (Å²) in [6, 6.07) is 9.16. The molecule has 0 aliphatic rings. The minimum absolute atomic E-state index is 0.423. The Morgan fingerprint density at radius 2 is 1.84 bits per heavy atom. The molecule has 2 aromatic carbocycles. The molecule has 0 aliphatic heterocycles. The van der Waals surface area contributed by atoms with E-state index in [-0.39, 0.29) is 0 Å². The number of nitrogen functional groups attached to an aromatic ring is 1. The summed E-state index contributed by atoms with van der Waals surface area (Å²) in [5.74, 6) is 0.609. The van der Waals surface area contributed by atoms with Gasteiger partial charge in [0.2, 0.25) is 0 Å². The van der Waals surface area contributed by atoms with E-state index in [0.717, 1.165) is 15.5 Å². The van der Waals surface area contributed by atoms with Crippen LogP contribution >= 0.6 is 39.1 Å². The third-order valence-corrected chi connectivity index (χ3v) is 3.96. The molecule has 0 radical (unpaired) electrons. The number of nitrogens with one attached hydrogen (secondary N) is 1. The molecule has 6 heteroatoms. The van der Waals surface area contributed by atoms with Gasteiger partial charge in [-0.25, -0.2) is 4.98 Å². The highest BCUT2D eigenvalue weighted by atomic mass is 79.9. The van der Waals surface area contributed by atoms with Crippen LogP contribution in [0.1, 0.15) is 0 Å². The SMILES string of the molecule is Nc1c(Cl)ccc(Cl)c1-c1nc2ccc(Br)cc2[nH]1. The first-order valence-corrected chi connectivity index (χ1v) is 7.00. The lowest BCUT2D eigenvalue weighted by Gasteiger charge is -2.06. The fourth-order valence-electron chi connectivity index (χ4n) is 1.91. The maximum absolute atomic E-state index is 6.19. The molecular formula is C13H8BrCl2N3. The van der Waals surface area contributed by atoms with Gasteiger partial charge in [0, 0.05) is 4.47 Å². The Hall–Kier alpha value is -1.23. The molecule has 0 unspecified atom stereocenters. The van der Waals surface area contributed by atoms with Crippen LogP contribution in [0.3, 0.4) is 0 Å². The monoisotopic (exact) mass is 355 g/mol. The summed E-state index contributed by atoms with van der Waals surface area (Å²) in [4.78, 5) is 7.68. The number of fused-ring (bicyclic) bond motifs is 1. The molecule has 0 fully saturated rings. The van der Waals surface area contributed by atoms with Crippen molar-refractivity contribution in [1.29, 1.82) is 0 Å². The maximum atomic E-state index is 6.19. The van der Waals surface area contributed by atoms with E-state index in [0.29, 0.717) is 27.1 Å². The molecule has 0 aliphatic carbocycles.